The number of primary sulfonamides is 1. The lowest BCUT2D eigenvalue weighted by Gasteiger charge is -2.13. The van der Waals surface area contributed by atoms with Crippen molar-refractivity contribution >= 4 is 33.1 Å². The van der Waals surface area contributed by atoms with Gasteiger partial charge in [-0.25, -0.2) is 18.5 Å². The van der Waals surface area contributed by atoms with E-state index in [1.807, 2.05) is 0 Å². The van der Waals surface area contributed by atoms with Crippen molar-refractivity contribution in [1.29, 1.82) is 0 Å². The van der Waals surface area contributed by atoms with Crippen LogP contribution in [0.5, 0.6) is 0 Å². The Morgan fingerprint density at radius 1 is 0.903 bits per heavy atom. The van der Waals surface area contributed by atoms with Gasteiger partial charge in [-0.1, -0.05) is 12.1 Å². The highest BCUT2D eigenvalue weighted by atomic mass is 32.2. The number of nitrogens with zero attached hydrogens (tertiary/aromatic N) is 1. The Kier molecular flexibility index (Phi) is 5.24. The van der Waals surface area contributed by atoms with Crippen molar-refractivity contribution in [3.63, 3.8) is 0 Å². The molecule has 31 heavy (non-hydrogen) atoms. The normalized spacial score (nSPS) is 15.9. The molecule has 1 heterocycles. The molecular weight excluding hydrogens is 441 g/mol. The van der Waals surface area contributed by atoms with Crippen LogP contribution in [0.4, 0.5) is 13.2 Å². The Morgan fingerprint density at radius 2 is 1.39 bits per heavy atom. The van der Waals surface area contributed by atoms with Crippen molar-refractivity contribution in [2.45, 2.75) is 11.2 Å². The third-order valence-corrected chi connectivity index (χ3v) is 5.43. The Morgan fingerprint density at radius 3 is 1.77 bits per heavy atom. The minimum atomic E-state index is -4.60. The first kappa shape index (κ1) is 22.2. The van der Waals surface area contributed by atoms with Gasteiger partial charge in [0.15, 0.2) is 5.03 Å². The molecule has 0 spiro atoms. The predicted molar refractivity (Wildman–Crippen MR) is 101 cm³/mol. The fourth-order valence-electron chi connectivity index (χ4n) is 3.02. The lowest BCUT2D eigenvalue weighted by atomic mass is 9.89. The van der Waals surface area contributed by atoms with Crippen LogP contribution in [0.1, 0.15) is 16.7 Å². The molecule has 1 aromatic carbocycles. The molecule has 12 heteroatoms. The van der Waals surface area contributed by atoms with E-state index in [4.69, 9.17) is 5.14 Å². The molecule has 3 rings (SSSR count). The van der Waals surface area contributed by atoms with Gasteiger partial charge in [0.05, 0.1) is 5.56 Å². The zero-order chi connectivity index (χ0) is 23.2. The topological polar surface area (TPSA) is 148 Å². The summed E-state index contributed by atoms with van der Waals surface area (Å²) in [6.07, 6.45) is -1.73. The summed E-state index contributed by atoms with van der Waals surface area (Å²) in [4.78, 5) is 27.2. The van der Waals surface area contributed by atoms with E-state index in [0.717, 1.165) is 48.7 Å². The maximum atomic E-state index is 12.9. The smallest absolute Gasteiger partial charge is 0.416 e. The third-order valence-electron chi connectivity index (χ3n) is 4.60. The molecule has 162 valence electrons. The maximum Gasteiger partial charge on any atom is 0.416 e. The van der Waals surface area contributed by atoms with E-state index >= 15 is 0 Å². The minimum absolute atomic E-state index is 0.0312. The number of aliphatic carboxylic acids is 2. The first-order valence-electron chi connectivity index (χ1n) is 8.35. The van der Waals surface area contributed by atoms with Gasteiger partial charge in [0.2, 0.25) is 5.41 Å². The summed E-state index contributed by atoms with van der Waals surface area (Å²) in [7, 11) is -4.12. The molecule has 0 atom stereocenters. The summed E-state index contributed by atoms with van der Waals surface area (Å²) in [5.41, 5.74) is -3.09. The number of sulfonamides is 1. The summed E-state index contributed by atoms with van der Waals surface area (Å²) in [5.74, 6) is -3.43. The van der Waals surface area contributed by atoms with Gasteiger partial charge in [-0.3, -0.25) is 9.59 Å². The number of hydrogen-bond acceptors (Lipinski definition) is 5. The molecule has 0 radical (unpaired) electrons. The van der Waals surface area contributed by atoms with E-state index < -0.39 is 44.1 Å². The number of carbonyl (C=O) groups is 2. The van der Waals surface area contributed by atoms with Crippen LogP contribution in [0, 0.1) is 5.41 Å². The predicted octanol–water partition coefficient (Wildman–Crippen LogP) is 2.38. The van der Waals surface area contributed by atoms with Crippen molar-refractivity contribution in [3.05, 3.63) is 71.4 Å². The van der Waals surface area contributed by atoms with Gasteiger partial charge in [0, 0.05) is 11.8 Å². The van der Waals surface area contributed by atoms with Crippen molar-refractivity contribution in [1.82, 2.24) is 4.98 Å². The molecule has 1 aromatic heterocycles. The number of benzene rings is 1. The second-order valence-electron chi connectivity index (χ2n) is 6.60. The highest BCUT2D eigenvalue weighted by Crippen LogP contribution is 2.45. The van der Waals surface area contributed by atoms with Crippen LogP contribution in [-0.2, 0) is 25.8 Å². The number of hydrogen-bond donors (Lipinski definition) is 3. The molecule has 0 unspecified atom stereocenters. The van der Waals surface area contributed by atoms with Crippen molar-refractivity contribution in [2.75, 3.05) is 0 Å². The number of carboxylic acids is 2. The molecule has 0 bridgehead atoms. The second kappa shape index (κ2) is 7.32. The monoisotopic (exact) mass is 454 g/mol. The van der Waals surface area contributed by atoms with Gasteiger partial charge in [-0.2, -0.15) is 13.2 Å². The average Bonchev–Trinajstić information content (AvgIpc) is 3.09. The molecular formula is C19H13F3N2O6S. The molecule has 1 aliphatic rings. The SMILES string of the molecule is NS(=O)(=O)c1ccc(C2=CC(C(=O)O)(C(=O)O)C=C2c2ccc(C(F)(F)F)cc2)cn1. The Labute approximate surface area is 173 Å². The zero-order valence-corrected chi connectivity index (χ0v) is 16.1. The third kappa shape index (κ3) is 4.07. The zero-order valence-electron chi connectivity index (χ0n) is 15.3. The number of carboxylic acid groups (broad SMARTS) is 2. The van der Waals surface area contributed by atoms with Gasteiger partial charge in [-0.15, -0.1) is 0 Å². The Hall–Kier alpha value is -3.51. The van der Waals surface area contributed by atoms with E-state index in [0.29, 0.717) is 0 Å². The number of pyridine rings is 1. The molecule has 0 fully saturated rings. The largest absolute Gasteiger partial charge is 0.480 e. The fraction of sp³-hybridized carbons (Fsp3) is 0.105. The van der Waals surface area contributed by atoms with Crippen molar-refractivity contribution < 1.29 is 41.4 Å². The number of alkyl halides is 3. The van der Waals surface area contributed by atoms with Gasteiger partial charge in [0.25, 0.3) is 10.0 Å². The summed E-state index contributed by atoms with van der Waals surface area (Å²) >= 11 is 0. The number of allylic oxidation sites excluding steroid dienone is 2. The number of aromatic nitrogens is 1. The minimum Gasteiger partial charge on any atom is -0.480 e. The molecule has 0 saturated heterocycles. The van der Waals surface area contributed by atoms with Gasteiger partial charge >= 0.3 is 18.1 Å². The van der Waals surface area contributed by atoms with Crippen LogP contribution < -0.4 is 5.14 Å². The van der Waals surface area contributed by atoms with E-state index in [9.17, 15) is 41.4 Å². The first-order chi connectivity index (χ1) is 14.3. The highest BCUT2D eigenvalue weighted by Gasteiger charge is 2.47. The van der Waals surface area contributed by atoms with Crippen molar-refractivity contribution in [3.8, 4) is 0 Å². The number of halogens is 3. The van der Waals surface area contributed by atoms with Crippen LogP contribution in [0.3, 0.4) is 0 Å². The van der Waals surface area contributed by atoms with Crippen LogP contribution >= 0.6 is 0 Å². The van der Waals surface area contributed by atoms with E-state index in [-0.39, 0.29) is 22.3 Å². The van der Waals surface area contributed by atoms with Gasteiger partial charge < -0.3 is 10.2 Å². The molecule has 0 amide bonds. The first-order valence-corrected chi connectivity index (χ1v) is 9.90. The Bertz CT molecular complexity index is 1220. The molecule has 8 nitrogen and oxygen atoms in total. The molecule has 0 aliphatic heterocycles. The lowest BCUT2D eigenvalue weighted by molar-refractivity contribution is -0.157. The number of nitrogens with two attached hydrogens (primary N) is 1. The second-order valence-corrected chi connectivity index (χ2v) is 8.11. The van der Waals surface area contributed by atoms with Crippen LogP contribution in [0.15, 0.2) is 59.8 Å². The van der Waals surface area contributed by atoms with Gasteiger partial charge in [0.1, 0.15) is 0 Å². The molecule has 1 aliphatic carbocycles. The van der Waals surface area contributed by atoms with Gasteiger partial charge in [-0.05, 0) is 53.1 Å². The van der Waals surface area contributed by atoms with Crippen molar-refractivity contribution in [2.24, 2.45) is 10.6 Å². The van der Waals surface area contributed by atoms with E-state index in [1.54, 1.807) is 0 Å². The lowest BCUT2D eigenvalue weighted by Crippen LogP contribution is -2.34. The molecule has 4 N–H and O–H groups in total. The van der Waals surface area contributed by atoms with Crippen LogP contribution in [0.25, 0.3) is 11.1 Å². The standard InChI is InChI=1S/C19H13F3N2O6S/c20-19(21,22)12-4-1-10(2-5-12)13-7-18(16(25)26,17(27)28)8-14(13)11-3-6-15(24-9-11)31(23,29)30/h1-9H,(H,25,26)(H,27,28)(H2,23,29,30). The highest BCUT2D eigenvalue weighted by molar-refractivity contribution is 7.89. The maximum absolute atomic E-state index is 12.9. The quantitative estimate of drug-likeness (QED) is 0.588. The number of rotatable bonds is 5. The summed E-state index contributed by atoms with van der Waals surface area (Å²) in [6.45, 7) is 0. The molecule has 0 saturated carbocycles. The molecule has 2 aromatic rings. The van der Waals surface area contributed by atoms with Crippen LogP contribution in [-0.4, -0.2) is 35.6 Å². The van der Waals surface area contributed by atoms with E-state index in [2.05, 4.69) is 4.98 Å². The summed E-state index contributed by atoms with van der Waals surface area (Å²) in [5, 5.41) is 23.6. The average molecular weight is 454 g/mol. The summed E-state index contributed by atoms with van der Waals surface area (Å²) in [6, 6.07) is 5.98. The summed E-state index contributed by atoms with van der Waals surface area (Å²) < 4.78 is 61.4. The Balaban J connectivity index is 2.18. The van der Waals surface area contributed by atoms with Crippen LogP contribution in [0.2, 0.25) is 0 Å². The van der Waals surface area contributed by atoms with E-state index in [1.165, 1.54) is 6.07 Å². The fourth-order valence-corrected chi connectivity index (χ4v) is 3.47.